The molecule has 1 unspecified atom stereocenters. The molecule has 6 nitrogen and oxygen atoms in total. The molecule has 1 aromatic heterocycles. The van der Waals surface area contributed by atoms with Gasteiger partial charge in [-0.05, 0) is 58.8 Å². The van der Waals surface area contributed by atoms with Crippen molar-refractivity contribution in [1.29, 1.82) is 0 Å². The number of nitrogens with zero attached hydrogens (tertiary/aromatic N) is 2. The summed E-state index contributed by atoms with van der Waals surface area (Å²) in [4.78, 5) is 30.1. The molecule has 0 aliphatic heterocycles. The number of ketones is 1. The maximum Gasteiger partial charge on any atom is 0.413 e. The van der Waals surface area contributed by atoms with E-state index in [2.05, 4.69) is 10.3 Å². The molecule has 1 heterocycles. The number of Topliss-reactive ketones (excluding diaryl/α,β-unsaturated/α-hetero) is 1. The van der Waals surface area contributed by atoms with Crippen molar-refractivity contribution >= 4 is 17.7 Å². The van der Waals surface area contributed by atoms with Gasteiger partial charge in [0.2, 0.25) is 0 Å². The second kappa shape index (κ2) is 9.67. The molecule has 1 amide bonds. The van der Waals surface area contributed by atoms with Crippen molar-refractivity contribution in [2.45, 2.75) is 71.9 Å². The molecule has 0 bridgehead atoms. The molecule has 0 radical (unpaired) electrons. The quantitative estimate of drug-likeness (QED) is 0.861. The summed E-state index contributed by atoms with van der Waals surface area (Å²) in [5.74, 6) is 1.01. The summed E-state index contributed by atoms with van der Waals surface area (Å²) < 4.78 is 5.26. The maximum absolute atomic E-state index is 11.9. The first kappa shape index (κ1) is 22.1. The molecule has 1 N–H and O–H groups in total. The highest BCUT2D eigenvalue weighted by Gasteiger charge is 2.26. The van der Waals surface area contributed by atoms with Crippen LogP contribution in [0.4, 0.5) is 10.6 Å². The van der Waals surface area contributed by atoms with Crippen LogP contribution in [0, 0.1) is 0 Å². The lowest BCUT2D eigenvalue weighted by molar-refractivity contribution is -0.117. The van der Waals surface area contributed by atoms with Gasteiger partial charge in [-0.15, -0.1) is 0 Å². The average Bonchev–Trinajstić information content (AvgIpc) is 2.93. The lowest BCUT2D eigenvalue weighted by Gasteiger charge is -2.21. The highest BCUT2D eigenvalue weighted by molar-refractivity contribution is 5.84. The standard InChI is InChI=1S/C18H27N3O3.C2H6/c1-18(2,3)24-17(23)20-16-9-8-14(12-6-7-13(22)10-12)15(19-16)11-21(4)5;1-2/h8-9,12H,6-7,10-11H2,1-5H3,(H,19,20,23);1-2H3. The fourth-order valence-corrected chi connectivity index (χ4v) is 2.87. The molecule has 26 heavy (non-hydrogen) atoms. The molecule has 6 heteroatoms. The highest BCUT2D eigenvalue weighted by Crippen LogP contribution is 2.34. The Balaban J connectivity index is 0.00000163. The van der Waals surface area contributed by atoms with Gasteiger partial charge in [-0.2, -0.15) is 0 Å². The summed E-state index contributed by atoms with van der Waals surface area (Å²) in [6, 6.07) is 3.75. The van der Waals surface area contributed by atoms with Crippen LogP contribution >= 0.6 is 0 Å². The predicted octanol–water partition coefficient (Wildman–Crippen LogP) is 4.35. The highest BCUT2D eigenvalue weighted by atomic mass is 16.6. The van der Waals surface area contributed by atoms with E-state index < -0.39 is 11.7 Å². The van der Waals surface area contributed by atoms with Crippen molar-refractivity contribution in [2.75, 3.05) is 19.4 Å². The zero-order valence-corrected chi connectivity index (χ0v) is 17.2. The molecule has 1 aliphatic carbocycles. The van der Waals surface area contributed by atoms with Gasteiger partial charge < -0.3 is 9.64 Å². The minimum Gasteiger partial charge on any atom is -0.444 e. The molecule has 0 saturated heterocycles. The van der Waals surface area contributed by atoms with E-state index in [4.69, 9.17) is 4.74 Å². The van der Waals surface area contributed by atoms with E-state index in [1.165, 1.54) is 0 Å². The second-order valence-electron chi connectivity index (χ2n) is 7.58. The molecule has 0 spiro atoms. The summed E-state index contributed by atoms with van der Waals surface area (Å²) in [6.07, 6.45) is 1.58. The van der Waals surface area contributed by atoms with Gasteiger partial charge in [-0.1, -0.05) is 19.9 Å². The van der Waals surface area contributed by atoms with Crippen LogP contribution < -0.4 is 5.32 Å². The fourth-order valence-electron chi connectivity index (χ4n) is 2.87. The van der Waals surface area contributed by atoms with E-state index in [1.54, 1.807) is 6.07 Å². The first-order valence-corrected chi connectivity index (χ1v) is 9.30. The van der Waals surface area contributed by atoms with Gasteiger partial charge in [-0.25, -0.2) is 9.78 Å². The third-order valence-corrected chi connectivity index (χ3v) is 3.79. The predicted molar refractivity (Wildman–Crippen MR) is 104 cm³/mol. The summed E-state index contributed by atoms with van der Waals surface area (Å²) in [7, 11) is 3.94. The topological polar surface area (TPSA) is 71.5 Å². The number of anilines is 1. The Bertz CT molecular complexity index is 621. The molecule has 1 saturated carbocycles. The van der Waals surface area contributed by atoms with Gasteiger partial charge in [-0.3, -0.25) is 10.1 Å². The minimum atomic E-state index is -0.555. The van der Waals surface area contributed by atoms with Crippen LogP contribution in [0.1, 0.15) is 71.1 Å². The van der Waals surface area contributed by atoms with Crippen molar-refractivity contribution in [1.82, 2.24) is 9.88 Å². The van der Waals surface area contributed by atoms with E-state index in [0.717, 1.165) is 17.7 Å². The minimum absolute atomic E-state index is 0.232. The maximum atomic E-state index is 11.9. The number of ether oxygens (including phenoxy) is 1. The molecule has 146 valence electrons. The van der Waals surface area contributed by atoms with E-state index in [0.29, 0.717) is 31.0 Å². The number of carbonyl (C=O) groups excluding carboxylic acids is 2. The van der Waals surface area contributed by atoms with Crippen molar-refractivity contribution < 1.29 is 14.3 Å². The van der Waals surface area contributed by atoms with Gasteiger partial charge in [0.15, 0.2) is 0 Å². The van der Waals surface area contributed by atoms with Gasteiger partial charge >= 0.3 is 6.09 Å². The summed E-state index contributed by atoms with van der Waals surface area (Å²) in [6.45, 7) is 10.1. The van der Waals surface area contributed by atoms with E-state index in [1.807, 2.05) is 59.7 Å². The number of amides is 1. The van der Waals surface area contributed by atoms with Gasteiger partial charge in [0, 0.05) is 19.4 Å². The van der Waals surface area contributed by atoms with E-state index in [9.17, 15) is 9.59 Å². The largest absolute Gasteiger partial charge is 0.444 e. The van der Waals surface area contributed by atoms with Crippen LogP contribution in [0.15, 0.2) is 12.1 Å². The number of nitrogens with one attached hydrogen (secondary N) is 1. The Morgan fingerprint density at radius 1 is 1.31 bits per heavy atom. The van der Waals surface area contributed by atoms with E-state index >= 15 is 0 Å². The van der Waals surface area contributed by atoms with Gasteiger partial charge in [0.05, 0.1) is 5.69 Å². The number of hydrogen-bond acceptors (Lipinski definition) is 5. The third kappa shape index (κ3) is 7.12. The molecule has 0 aromatic carbocycles. The molecular weight excluding hydrogens is 330 g/mol. The lowest BCUT2D eigenvalue weighted by atomic mass is 9.95. The zero-order valence-electron chi connectivity index (χ0n) is 17.2. The zero-order chi connectivity index (χ0) is 19.9. The molecule has 2 rings (SSSR count). The van der Waals surface area contributed by atoms with Crippen molar-refractivity contribution in [3.63, 3.8) is 0 Å². The van der Waals surface area contributed by atoms with Crippen LogP contribution in [0.2, 0.25) is 0 Å². The number of hydrogen-bond donors (Lipinski definition) is 1. The Labute approximate surface area is 157 Å². The van der Waals surface area contributed by atoms with Crippen molar-refractivity contribution in [2.24, 2.45) is 0 Å². The van der Waals surface area contributed by atoms with Crippen LogP contribution in [-0.2, 0) is 16.1 Å². The van der Waals surface area contributed by atoms with Gasteiger partial charge in [0.25, 0.3) is 0 Å². The van der Waals surface area contributed by atoms with Gasteiger partial charge in [0.1, 0.15) is 17.2 Å². The molecular formula is C20H33N3O3. The summed E-state index contributed by atoms with van der Waals surface area (Å²) in [5.41, 5.74) is 1.44. The van der Waals surface area contributed by atoms with Crippen LogP contribution in [0.3, 0.4) is 0 Å². The monoisotopic (exact) mass is 363 g/mol. The van der Waals surface area contributed by atoms with Crippen molar-refractivity contribution in [3.8, 4) is 0 Å². The fraction of sp³-hybridized carbons (Fsp3) is 0.650. The SMILES string of the molecule is CC.CN(C)Cc1nc(NC(=O)OC(C)(C)C)ccc1C1CCC(=O)C1. The summed E-state index contributed by atoms with van der Waals surface area (Å²) in [5, 5.41) is 2.68. The number of carbonyl (C=O) groups is 2. The molecule has 1 aromatic rings. The van der Waals surface area contributed by atoms with Crippen molar-refractivity contribution in [3.05, 3.63) is 23.4 Å². The molecule has 1 aliphatic rings. The first-order chi connectivity index (χ1) is 12.1. The van der Waals surface area contributed by atoms with Crippen LogP contribution in [0.25, 0.3) is 0 Å². The number of pyridine rings is 1. The Morgan fingerprint density at radius 3 is 2.46 bits per heavy atom. The van der Waals surface area contributed by atoms with E-state index in [-0.39, 0.29) is 5.92 Å². The average molecular weight is 364 g/mol. The Morgan fingerprint density at radius 2 is 1.96 bits per heavy atom. The molecule has 1 atom stereocenters. The number of aromatic nitrogens is 1. The second-order valence-corrected chi connectivity index (χ2v) is 7.58. The Kier molecular flexibility index (Phi) is 8.21. The first-order valence-electron chi connectivity index (χ1n) is 9.30. The summed E-state index contributed by atoms with van der Waals surface area (Å²) >= 11 is 0. The smallest absolute Gasteiger partial charge is 0.413 e. The van der Waals surface area contributed by atoms with Crippen LogP contribution in [0.5, 0.6) is 0 Å². The third-order valence-electron chi connectivity index (χ3n) is 3.79. The van der Waals surface area contributed by atoms with Crippen LogP contribution in [-0.4, -0.2) is 41.5 Å². The lowest BCUT2D eigenvalue weighted by Crippen LogP contribution is -2.27. The Hall–Kier alpha value is -1.95. The normalized spacial score (nSPS) is 16.9. The molecule has 1 fully saturated rings. The number of rotatable bonds is 4.